The highest BCUT2D eigenvalue weighted by Crippen LogP contribution is 2.26. The molecule has 3 rings (SSSR count). The molecule has 1 saturated heterocycles. The summed E-state index contributed by atoms with van der Waals surface area (Å²) in [6, 6.07) is 9.68. The molecule has 0 spiro atoms. The smallest absolute Gasteiger partial charge is 0.289 e. The third-order valence-corrected chi connectivity index (χ3v) is 4.44. The lowest BCUT2D eigenvalue weighted by Gasteiger charge is -2.34. The Balaban J connectivity index is 1.78. The van der Waals surface area contributed by atoms with Crippen molar-refractivity contribution < 1.29 is 13.6 Å². The highest BCUT2D eigenvalue weighted by atomic mass is 19.1. The molecule has 1 aromatic heterocycles. The number of carbonyl (C=O) groups excluding carboxylic acids is 1. The monoisotopic (exact) mass is 316 g/mol. The van der Waals surface area contributed by atoms with Crippen LogP contribution in [0.2, 0.25) is 0 Å². The van der Waals surface area contributed by atoms with E-state index in [0.29, 0.717) is 30.3 Å². The van der Waals surface area contributed by atoms with Gasteiger partial charge in [0.05, 0.1) is 5.56 Å². The van der Waals surface area contributed by atoms with E-state index in [-0.39, 0.29) is 23.5 Å². The van der Waals surface area contributed by atoms with Gasteiger partial charge in [0, 0.05) is 19.1 Å². The first-order valence-electron chi connectivity index (χ1n) is 7.96. The predicted octanol–water partition coefficient (Wildman–Crippen LogP) is 3.29. The Morgan fingerprint density at radius 3 is 2.87 bits per heavy atom. The molecular weight excluding hydrogens is 295 g/mol. The Morgan fingerprint density at radius 1 is 1.35 bits per heavy atom. The van der Waals surface area contributed by atoms with Gasteiger partial charge in [0.2, 0.25) is 0 Å². The van der Waals surface area contributed by atoms with Crippen molar-refractivity contribution in [3.63, 3.8) is 0 Å². The van der Waals surface area contributed by atoms with E-state index >= 15 is 0 Å². The number of likely N-dealkylation sites (tertiary alicyclic amines) is 1. The van der Waals surface area contributed by atoms with Crippen molar-refractivity contribution in [2.45, 2.75) is 25.8 Å². The number of piperidine rings is 1. The van der Waals surface area contributed by atoms with Gasteiger partial charge in [0.25, 0.3) is 5.91 Å². The first-order chi connectivity index (χ1) is 11.1. The minimum absolute atomic E-state index is 0.0659. The van der Waals surface area contributed by atoms with Crippen LogP contribution >= 0.6 is 0 Å². The first-order valence-corrected chi connectivity index (χ1v) is 7.96. The largest absolute Gasteiger partial charge is 0.451 e. The van der Waals surface area contributed by atoms with Gasteiger partial charge in [-0.15, -0.1) is 0 Å². The van der Waals surface area contributed by atoms with Gasteiger partial charge in [-0.1, -0.05) is 12.1 Å². The number of nitrogens with zero attached hydrogens (tertiary/aromatic N) is 1. The number of rotatable bonds is 3. The number of carbonyl (C=O) groups is 1. The second kappa shape index (κ2) is 6.54. The maximum absolute atomic E-state index is 13.8. The highest BCUT2D eigenvalue weighted by molar-refractivity contribution is 5.92. The van der Waals surface area contributed by atoms with Crippen molar-refractivity contribution in [3.05, 3.63) is 48.0 Å². The zero-order valence-electron chi connectivity index (χ0n) is 13.2. The lowest BCUT2D eigenvalue weighted by Crippen LogP contribution is -2.44. The zero-order valence-corrected chi connectivity index (χ0v) is 13.2. The van der Waals surface area contributed by atoms with E-state index in [1.165, 1.54) is 6.07 Å². The van der Waals surface area contributed by atoms with Crippen LogP contribution in [-0.2, 0) is 0 Å². The molecule has 2 atom stereocenters. The second-order valence-corrected chi connectivity index (χ2v) is 6.16. The summed E-state index contributed by atoms with van der Waals surface area (Å²) in [6.45, 7) is 3.33. The van der Waals surface area contributed by atoms with Crippen LogP contribution in [0.15, 0.2) is 40.8 Å². The topological polar surface area (TPSA) is 59.5 Å². The maximum atomic E-state index is 13.8. The summed E-state index contributed by atoms with van der Waals surface area (Å²) in [4.78, 5) is 14.4. The summed E-state index contributed by atoms with van der Waals surface area (Å²) in [7, 11) is 0. The molecule has 0 saturated carbocycles. The molecule has 5 heteroatoms. The van der Waals surface area contributed by atoms with E-state index in [0.717, 1.165) is 12.8 Å². The SMILES string of the molecule is CC(N)C1CCCN(C(=O)c2ccc(-c3ccccc3F)o2)C1. The van der Waals surface area contributed by atoms with Crippen LogP contribution in [0.5, 0.6) is 0 Å². The number of benzene rings is 1. The number of hydrogen-bond acceptors (Lipinski definition) is 3. The summed E-state index contributed by atoms with van der Waals surface area (Å²) in [5.74, 6) is 0.406. The average Bonchev–Trinajstić information content (AvgIpc) is 3.04. The first kappa shape index (κ1) is 15.7. The minimum Gasteiger partial charge on any atom is -0.451 e. The minimum atomic E-state index is -0.365. The number of hydrogen-bond donors (Lipinski definition) is 1. The van der Waals surface area contributed by atoms with Crippen molar-refractivity contribution in [2.75, 3.05) is 13.1 Å². The summed E-state index contributed by atoms with van der Waals surface area (Å²) in [6.07, 6.45) is 1.99. The molecule has 2 heterocycles. The van der Waals surface area contributed by atoms with Crippen molar-refractivity contribution >= 4 is 5.91 Å². The van der Waals surface area contributed by atoms with E-state index in [2.05, 4.69) is 0 Å². The molecule has 4 nitrogen and oxygen atoms in total. The molecule has 2 aromatic rings. The quantitative estimate of drug-likeness (QED) is 0.945. The molecule has 2 unspecified atom stereocenters. The molecule has 0 radical (unpaired) electrons. The molecular formula is C18H21FN2O2. The Hall–Kier alpha value is -2.14. The van der Waals surface area contributed by atoms with Crippen LogP contribution in [-0.4, -0.2) is 29.9 Å². The van der Waals surface area contributed by atoms with E-state index < -0.39 is 0 Å². The van der Waals surface area contributed by atoms with Crippen LogP contribution in [0, 0.1) is 11.7 Å². The van der Waals surface area contributed by atoms with Gasteiger partial charge in [-0.05, 0) is 49.9 Å². The molecule has 122 valence electrons. The van der Waals surface area contributed by atoms with E-state index in [4.69, 9.17) is 10.2 Å². The second-order valence-electron chi connectivity index (χ2n) is 6.16. The summed E-state index contributed by atoms with van der Waals surface area (Å²) >= 11 is 0. The maximum Gasteiger partial charge on any atom is 0.289 e. The van der Waals surface area contributed by atoms with Crippen LogP contribution in [0.1, 0.15) is 30.3 Å². The zero-order chi connectivity index (χ0) is 16.4. The number of nitrogens with two attached hydrogens (primary N) is 1. The predicted molar refractivity (Wildman–Crippen MR) is 86.4 cm³/mol. The molecule has 1 fully saturated rings. The Bertz CT molecular complexity index is 696. The van der Waals surface area contributed by atoms with Gasteiger partial charge >= 0.3 is 0 Å². The van der Waals surface area contributed by atoms with Gasteiger partial charge in [0.1, 0.15) is 11.6 Å². The Labute approximate surface area is 135 Å². The highest BCUT2D eigenvalue weighted by Gasteiger charge is 2.28. The fourth-order valence-electron chi connectivity index (χ4n) is 3.04. The summed E-state index contributed by atoms with van der Waals surface area (Å²) in [5.41, 5.74) is 6.32. The molecule has 1 amide bonds. The van der Waals surface area contributed by atoms with Crippen LogP contribution < -0.4 is 5.73 Å². The summed E-state index contributed by atoms with van der Waals surface area (Å²) < 4.78 is 19.4. The molecule has 1 aliphatic heterocycles. The van der Waals surface area contributed by atoms with E-state index in [1.54, 1.807) is 35.2 Å². The fraction of sp³-hybridized carbons (Fsp3) is 0.389. The Kier molecular flexibility index (Phi) is 4.48. The number of furan rings is 1. The molecule has 2 N–H and O–H groups in total. The Morgan fingerprint density at radius 2 is 2.13 bits per heavy atom. The van der Waals surface area contributed by atoms with Crippen molar-refractivity contribution in [2.24, 2.45) is 11.7 Å². The lowest BCUT2D eigenvalue weighted by atomic mass is 9.92. The molecule has 0 bridgehead atoms. The van der Waals surface area contributed by atoms with Crippen molar-refractivity contribution in [1.82, 2.24) is 4.90 Å². The van der Waals surface area contributed by atoms with Gasteiger partial charge in [-0.2, -0.15) is 0 Å². The van der Waals surface area contributed by atoms with Gasteiger partial charge in [0.15, 0.2) is 5.76 Å². The number of halogens is 1. The lowest BCUT2D eigenvalue weighted by molar-refractivity contribution is 0.0630. The van der Waals surface area contributed by atoms with E-state index in [9.17, 15) is 9.18 Å². The third kappa shape index (κ3) is 3.29. The van der Waals surface area contributed by atoms with Crippen LogP contribution in [0.4, 0.5) is 4.39 Å². The van der Waals surface area contributed by atoms with Gasteiger partial charge in [-0.3, -0.25) is 4.79 Å². The molecule has 0 aliphatic carbocycles. The summed E-state index contributed by atoms with van der Waals surface area (Å²) in [5, 5.41) is 0. The third-order valence-electron chi connectivity index (χ3n) is 4.44. The molecule has 1 aromatic carbocycles. The van der Waals surface area contributed by atoms with Gasteiger partial charge < -0.3 is 15.1 Å². The average molecular weight is 316 g/mol. The van der Waals surface area contributed by atoms with E-state index in [1.807, 2.05) is 6.92 Å². The van der Waals surface area contributed by atoms with Crippen LogP contribution in [0.3, 0.4) is 0 Å². The van der Waals surface area contributed by atoms with Crippen molar-refractivity contribution in [3.8, 4) is 11.3 Å². The van der Waals surface area contributed by atoms with Gasteiger partial charge in [-0.25, -0.2) is 4.39 Å². The standard InChI is InChI=1S/C18H21FN2O2/c1-12(20)13-5-4-10-21(11-13)18(22)17-9-8-16(23-17)14-6-2-3-7-15(14)19/h2-3,6-9,12-13H,4-5,10-11,20H2,1H3. The molecule has 23 heavy (non-hydrogen) atoms. The normalized spacial score (nSPS) is 19.6. The number of amides is 1. The molecule has 1 aliphatic rings. The van der Waals surface area contributed by atoms with Crippen molar-refractivity contribution in [1.29, 1.82) is 0 Å². The van der Waals surface area contributed by atoms with Crippen LogP contribution in [0.25, 0.3) is 11.3 Å². The fourth-order valence-corrected chi connectivity index (χ4v) is 3.04.